The zero-order chi connectivity index (χ0) is 23.2. The molecule has 0 aliphatic carbocycles. The average molecular weight is 542 g/mol. The van der Waals surface area contributed by atoms with Crippen LogP contribution < -0.4 is 22.3 Å². The SMILES string of the molecule is CCCCCCCCCCCC[P+](C)(CCCCCCCCCCCC)c1ccccc1.[Br-]. The summed E-state index contributed by atoms with van der Waals surface area (Å²) < 4.78 is 0. The van der Waals surface area contributed by atoms with E-state index < -0.39 is 7.26 Å². The quantitative estimate of drug-likeness (QED) is 0.0979. The van der Waals surface area contributed by atoms with Gasteiger partial charge < -0.3 is 17.0 Å². The van der Waals surface area contributed by atoms with Gasteiger partial charge in [0.2, 0.25) is 0 Å². The summed E-state index contributed by atoms with van der Waals surface area (Å²) in [5.74, 6) is 0. The second-order valence-corrected chi connectivity index (χ2v) is 14.7. The molecule has 0 radical (unpaired) electrons. The lowest BCUT2D eigenvalue weighted by atomic mass is 10.1. The van der Waals surface area contributed by atoms with E-state index in [9.17, 15) is 0 Å². The molecule has 0 spiro atoms. The van der Waals surface area contributed by atoms with E-state index >= 15 is 0 Å². The third kappa shape index (κ3) is 18.1. The van der Waals surface area contributed by atoms with Crippen molar-refractivity contribution in [3.63, 3.8) is 0 Å². The van der Waals surface area contributed by atoms with Crippen molar-refractivity contribution >= 4 is 12.6 Å². The third-order valence-electron chi connectivity index (χ3n) is 7.39. The summed E-state index contributed by atoms with van der Waals surface area (Å²) in [6.45, 7) is 7.27. The van der Waals surface area contributed by atoms with Gasteiger partial charge in [0.1, 0.15) is 0 Å². The van der Waals surface area contributed by atoms with Gasteiger partial charge in [-0.15, -0.1) is 0 Å². The van der Waals surface area contributed by atoms with Crippen LogP contribution in [0.2, 0.25) is 0 Å². The van der Waals surface area contributed by atoms with Gasteiger partial charge in [-0.05, 0) is 37.8 Å². The maximum Gasteiger partial charge on any atom is 0.0936 e. The first-order valence-electron chi connectivity index (χ1n) is 14.6. The first-order valence-corrected chi connectivity index (χ1v) is 17.2. The van der Waals surface area contributed by atoms with Crippen molar-refractivity contribution in [2.75, 3.05) is 19.0 Å². The van der Waals surface area contributed by atoms with Crippen LogP contribution in [0.25, 0.3) is 0 Å². The van der Waals surface area contributed by atoms with E-state index in [-0.39, 0.29) is 17.0 Å². The molecular weight excluding hydrogens is 483 g/mol. The molecule has 0 bridgehead atoms. The maximum absolute atomic E-state index is 2.66. The van der Waals surface area contributed by atoms with E-state index in [1.807, 2.05) is 0 Å². The number of benzene rings is 1. The van der Waals surface area contributed by atoms with Crippen molar-refractivity contribution in [3.05, 3.63) is 30.3 Å². The Morgan fingerprint density at radius 3 is 1.09 bits per heavy atom. The molecule has 1 aromatic carbocycles. The van der Waals surface area contributed by atoms with Crippen LogP contribution in [-0.4, -0.2) is 19.0 Å². The van der Waals surface area contributed by atoms with Crippen molar-refractivity contribution in [2.24, 2.45) is 0 Å². The van der Waals surface area contributed by atoms with Gasteiger partial charge in [-0.1, -0.05) is 135 Å². The Morgan fingerprint density at radius 2 is 0.758 bits per heavy atom. The molecule has 0 amide bonds. The number of hydrogen-bond acceptors (Lipinski definition) is 0. The molecule has 0 aromatic heterocycles. The highest BCUT2D eigenvalue weighted by Gasteiger charge is 2.32. The Balaban J connectivity index is 0.0000102. The Bertz CT molecular complexity index is 477. The van der Waals surface area contributed by atoms with Crippen molar-refractivity contribution in [1.82, 2.24) is 0 Å². The maximum atomic E-state index is 2.66. The zero-order valence-corrected chi connectivity index (χ0v) is 25.2. The normalized spacial score (nSPS) is 11.5. The molecule has 33 heavy (non-hydrogen) atoms. The molecule has 0 fully saturated rings. The number of hydrogen-bond donors (Lipinski definition) is 0. The highest BCUT2D eigenvalue weighted by atomic mass is 79.9. The van der Waals surface area contributed by atoms with Gasteiger partial charge in [0.25, 0.3) is 0 Å². The first-order chi connectivity index (χ1) is 15.7. The summed E-state index contributed by atoms with van der Waals surface area (Å²) >= 11 is 0. The van der Waals surface area contributed by atoms with Gasteiger partial charge in [0.15, 0.2) is 0 Å². The molecule has 0 nitrogen and oxygen atoms in total. The standard InChI is InChI=1S/C31H58P.BrH/c1-4-6-8-10-12-14-16-18-20-25-29-32(3,31-27-23-22-24-28-31)30-26-21-19-17-15-13-11-9-7-5-2;/h22-24,27-28H,4-21,25-26,29-30H2,1-3H3;1H/q+1;/p-1. The van der Waals surface area contributed by atoms with Gasteiger partial charge in [0, 0.05) is 7.26 Å². The number of halogens is 1. The van der Waals surface area contributed by atoms with E-state index in [2.05, 4.69) is 50.8 Å². The van der Waals surface area contributed by atoms with Crippen molar-refractivity contribution < 1.29 is 17.0 Å². The molecule has 0 aliphatic rings. The Morgan fingerprint density at radius 1 is 0.455 bits per heavy atom. The molecule has 1 aromatic rings. The summed E-state index contributed by atoms with van der Waals surface area (Å²) in [5.41, 5.74) is 0. The molecule has 0 heterocycles. The molecule has 0 N–H and O–H groups in total. The van der Waals surface area contributed by atoms with Crippen LogP contribution >= 0.6 is 7.26 Å². The minimum atomic E-state index is -0.970. The Kier molecular flexibility index (Phi) is 23.9. The predicted molar refractivity (Wildman–Crippen MR) is 152 cm³/mol. The van der Waals surface area contributed by atoms with Gasteiger partial charge in [-0.2, -0.15) is 0 Å². The highest BCUT2D eigenvalue weighted by molar-refractivity contribution is 7.82. The molecule has 0 saturated heterocycles. The van der Waals surface area contributed by atoms with Crippen LogP contribution in [0.4, 0.5) is 0 Å². The van der Waals surface area contributed by atoms with Gasteiger partial charge in [-0.25, -0.2) is 0 Å². The number of rotatable bonds is 23. The Hall–Kier alpha value is 0.130. The number of unbranched alkanes of at least 4 members (excludes halogenated alkanes) is 18. The van der Waals surface area contributed by atoms with E-state index in [1.165, 1.54) is 141 Å². The first kappa shape index (κ1) is 33.1. The summed E-state index contributed by atoms with van der Waals surface area (Å²) in [6.07, 6.45) is 31.9. The monoisotopic (exact) mass is 540 g/mol. The fourth-order valence-electron chi connectivity index (χ4n) is 5.05. The summed E-state index contributed by atoms with van der Waals surface area (Å²) in [4.78, 5) is 0. The lowest BCUT2D eigenvalue weighted by molar-refractivity contribution is -0.00000708. The van der Waals surface area contributed by atoms with Crippen LogP contribution in [0.1, 0.15) is 142 Å². The lowest BCUT2D eigenvalue weighted by Gasteiger charge is -2.23. The van der Waals surface area contributed by atoms with Crippen LogP contribution in [0, 0.1) is 0 Å². The van der Waals surface area contributed by atoms with Crippen LogP contribution in [0.3, 0.4) is 0 Å². The van der Waals surface area contributed by atoms with Crippen LogP contribution in [-0.2, 0) is 0 Å². The van der Waals surface area contributed by atoms with Crippen molar-refractivity contribution in [2.45, 2.75) is 142 Å². The van der Waals surface area contributed by atoms with Gasteiger partial charge in [0.05, 0.1) is 24.3 Å². The fourth-order valence-corrected chi connectivity index (χ4v) is 8.53. The molecule has 1 rings (SSSR count). The van der Waals surface area contributed by atoms with E-state index in [4.69, 9.17) is 0 Å². The van der Waals surface area contributed by atoms with E-state index in [1.54, 1.807) is 5.30 Å². The topological polar surface area (TPSA) is 0 Å². The molecular formula is C31H58BrP. The Labute approximate surface area is 220 Å². The summed E-state index contributed by atoms with van der Waals surface area (Å²) in [5, 5.41) is 1.69. The molecule has 0 unspecified atom stereocenters. The third-order valence-corrected chi connectivity index (χ3v) is 11.5. The molecule has 2 heteroatoms. The molecule has 194 valence electrons. The van der Waals surface area contributed by atoms with Crippen molar-refractivity contribution in [3.8, 4) is 0 Å². The van der Waals surface area contributed by atoms with E-state index in [0.29, 0.717) is 0 Å². The molecule has 0 aliphatic heterocycles. The van der Waals surface area contributed by atoms with E-state index in [0.717, 1.165) is 0 Å². The average Bonchev–Trinajstić information content (AvgIpc) is 2.82. The highest BCUT2D eigenvalue weighted by Crippen LogP contribution is 2.55. The summed E-state index contributed by atoms with van der Waals surface area (Å²) in [6, 6.07) is 11.6. The van der Waals surface area contributed by atoms with Crippen molar-refractivity contribution in [1.29, 1.82) is 0 Å². The second-order valence-electron chi connectivity index (χ2n) is 10.5. The minimum absolute atomic E-state index is 0. The van der Waals surface area contributed by atoms with Gasteiger partial charge >= 0.3 is 0 Å². The fraction of sp³-hybridized carbons (Fsp3) is 0.806. The van der Waals surface area contributed by atoms with Gasteiger partial charge in [-0.3, -0.25) is 0 Å². The van der Waals surface area contributed by atoms with Crippen LogP contribution in [0.15, 0.2) is 30.3 Å². The second kappa shape index (κ2) is 23.9. The smallest absolute Gasteiger partial charge is 0.0936 e. The minimum Gasteiger partial charge on any atom is -1.00 e. The molecule has 0 saturated carbocycles. The predicted octanol–water partition coefficient (Wildman–Crippen LogP) is 7.81. The largest absolute Gasteiger partial charge is 1.00 e. The molecule has 0 atom stereocenters. The van der Waals surface area contributed by atoms with Crippen LogP contribution in [0.5, 0.6) is 0 Å². The lowest BCUT2D eigenvalue weighted by Crippen LogP contribution is -3.00. The zero-order valence-electron chi connectivity index (χ0n) is 22.8. The summed E-state index contributed by atoms with van der Waals surface area (Å²) in [7, 11) is -0.970.